The zero-order valence-corrected chi connectivity index (χ0v) is 11.6. The van der Waals surface area contributed by atoms with Gasteiger partial charge in [-0.2, -0.15) is 0 Å². The Balaban J connectivity index is 2.17. The van der Waals surface area contributed by atoms with Crippen LogP contribution in [0.15, 0.2) is 84.9 Å². The molecule has 0 spiro atoms. The molecule has 0 saturated heterocycles. The number of anilines is 3. The third kappa shape index (κ3) is 2.79. The first kappa shape index (κ1) is 13.4. The highest BCUT2D eigenvalue weighted by Crippen LogP contribution is 2.36. The lowest BCUT2D eigenvalue weighted by molar-refractivity contribution is 0.486. The highest BCUT2D eigenvalue weighted by atomic mass is 19.1. The Hall–Kier alpha value is -2.61. The van der Waals surface area contributed by atoms with Gasteiger partial charge in [0.1, 0.15) is 6.67 Å². The molecule has 3 rings (SSSR count). The molecule has 0 heterocycles. The van der Waals surface area contributed by atoms with Crippen molar-refractivity contribution in [1.29, 1.82) is 0 Å². The van der Waals surface area contributed by atoms with Crippen molar-refractivity contribution in [2.75, 3.05) is 4.90 Å². The fourth-order valence-corrected chi connectivity index (χ4v) is 2.42. The van der Waals surface area contributed by atoms with Gasteiger partial charge in [-0.25, -0.2) is 4.39 Å². The van der Waals surface area contributed by atoms with E-state index in [1.165, 1.54) is 0 Å². The van der Waals surface area contributed by atoms with Gasteiger partial charge in [0.05, 0.1) is 5.69 Å². The van der Waals surface area contributed by atoms with Crippen LogP contribution in [0.2, 0.25) is 0 Å². The normalized spacial score (nSPS) is 10.3. The Morgan fingerprint density at radius 3 is 1.62 bits per heavy atom. The van der Waals surface area contributed by atoms with Crippen molar-refractivity contribution < 1.29 is 4.39 Å². The topological polar surface area (TPSA) is 3.24 Å². The molecule has 0 fully saturated rings. The third-order valence-corrected chi connectivity index (χ3v) is 3.41. The second-order valence-corrected chi connectivity index (χ2v) is 4.77. The van der Waals surface area contributed by atoms with Crippen LogP contribution in [0, 0.1) is 0 Å². The van der Waals surface area contributed by atoms with Crippen molar-refractivity contribution >= 4 is 17.1 Å². The summed E-state index contributed by atoms with van der Waals surface area (Å²) in [4.78, 5) is 2.08. The van der Waals surface area contributed by atoms with E-state index in [-0.39, 0.29) is 0 Å². The third-order valence-electron chi connectivity index (χ3n) is 3.41. The van der Waals surface area contributed by atoms with Crippen LogP contribution in [0.1, 0.15) is 5.56 Å². The summed E-state index contributed by atoms with van der Waals surface area (Å²) in [6, 6.07) is 27.6. The van der Waals surface area contributed by atoms with Crippen LogP contribution >= 0.6 is 0 Å². The molecule has 0 atom stereocenters. The first-order chi connectivity index (χ1) is 10.4. The Bertz CT molecular complexity index is 656. The predicted octanol–water partition coefficient (Wildman–Crippen LogP) is 5.63. The maximum Gasteiger partial charge on any atom is 0.117 e. The maximum atomic E-state index is 13.4. The van der Waals surface area contributed by atoms with Crippen molar-refractivity contribution in [3.8, 4) is 0 Å². The quantitative estimate of drug-likeness (QED) is 0.597. The van der Waals surface area contributed by atoms with Crippen molar-refractivity contribution in [2.24, 2.45) is 0 Å². The minimum atomic E-state index is -0.480. The first-order valence-corrected chi connectivity index (χ1v) is 6.94. The number of rotatable bonds is 4. The summed E-state index contributed by atoms with van der Waals surface area (Å²) in [6.45, 7) is -0.480. The summed E-state index contributed by atoms with van der Waals surface area (Å²) in [7, 11) is 0. The van der Waals surface area contributed by atoms with Gasteiger partial charge in [0.25, 0.3) is 0 Å². The lowest BCUT2D eigenvalue weighted by Gasteiger charge is -2.27. The molecule has 0 N–H and O–H groups in total. The SMILES string of the molecule is FCc1ccccc1N(c1ccccc1)c1ccccc1. The predicted molar refractivity (Wildman–Crippen MR) is 85.9 cm³/mol. The Kier molecular flexibility index (Phi) is 3.97. The molecule has 1 nitrogen and oxygen atoms in total. The number of para-hydroxylation sites is 3. The molecule has 0 aromatic heterocycles. The number of alkyl halides is 1. The lowest BCUT2D eigenvalue weighted by atomic mass is 10.1. The van der Waals surface area contributed by atoms with Crippen LogP contribution in [-0.2, 0) is 6.67 Å². The van der Waals surface area contributed by atoms with Crippen LogP contribution < -0.4 is 4.90 Å². The van der Waals surface area contributed by atoms with Crippen molar-refractivity contribution in [3.63, 3.8) is 0 Å². The smallest absolute Gasteiger partial charge is 0.117 e. The number of hydrogen-bond donors (Lipinski definition) is 0. The molecule has 0 saturated carbocycles. The van der Waals surface area contributed by atoms with Crippen molar-refractivity contribution in [1.82, 2.24) is 0 Å². The Morgan fingerprint density at radius 1 is 0.619 bits per heavy atom. The minimum Gasteiger partial charge on any atom is -0.310 e. The van der Waals surface area contributed by atoms with Crippen LogP contribution in [0.3, 0.4) is 0 Å². The van der Waals surface area contributed by atoms with E-state index < -0.39 is 6.67 Å². The van der Waals surface area contributed by atoms with E-state index in [1.54, 1.807) is 0 Å². The fraction of sp³-hybridized carbons (Fsp3) is 0.0526. The zero-order valence-electron chi connectivity index (χ0n) is 11.6. The molecular weight excluding hydrogens is 261 g/mol. The molecule has 2 heteroatoms. The summed E-state index contributed by atoms with van der Waals surface area (Å²) in [6.07, 6.45) is 0. The summed E-state index contributed by atoms with van der Waals surface area (Å²) >= 11 is 0. The summed E-state index contributed by atoms with van der Waals surface area (Å²) < 4.78 is 13.4. The van der Waals surface area contributed by atoms with E-state index in [2.05, 4.69) is 4.90 Å². The number of benzene rings is 3. The molecular formula is C19H16FN. The Labute approximate surface area is 124 Å². The van der Waals surface area contributed by atoms with E-state index in [0.717, 1.165) is 17.1 Å². The van der Waals surface area contributed by atoms with E-state index in [4.69, 9.17) is 0 Å². The van der Waals surface area contributed by atoms with Crippen LogP contribution in [-0.4, -0.2) is 0 Å². The maximum absolute atomic E-state index is 13.4. The lowest BCUT2D eigenvalue weighted by Crippen LogP contribution is -2.11. The summed E-state index contributed by atoms with van der Waals surface area (Å²) in [5.74, 6) is 0. The van der Waals surface area contributed by atoms with E-state index in [9.17, 15) is 4.39 Å². The van der Waals surface area contributed by atoms with E-state index in [1.807, 2.05) is 84.9 Å². The van der Waals surface area contributed by atoms with Gasteiger partial charge in [-0.3, -0.25) is 0 Å². The average Bonchev–Trinajstić information content (AvgIpc) is 2.58. The van der Waals surface area contributed by atoms with Crippen molar-refractivity contribution in [2.45, 2.75) is 6.67 Å². The van der Waals surface area contributed by atoms with Crippen LogP contribution in [0.4, 0.5) is 21.5 Å². The van der Waals surface area contributed by atoms with Crippen LogP contribution in [0.25, 0.3) is 0 Å². The molecule has 3 aromatic rings. The molecule has 0 aliphatic heterocycles. The number of hydrogen-bond acceptors (Lipinski definition) is 1. The molecule has 3 aromatic carbocycles. The van der Waals surface area contributed by atoms with Gasteiger partial charge >= 0.3 is 0 Å². The van der Waals surface area contributed by atoms with Crippen molar-refractivity contribution in [3.05, 3.63) is 90.5 Å². The summed E-state index contributed by atoms with van der Waals surface area (Å²) in [5.41, 5.74) is 3.59. The molecule has 104 valence electrons. The minimum absolute atomic E-state index is 0.480. The highest BCUT2D eigenvalue weighted by Gasteiger charge is 2.14. The fourth-order valence-electron chi connectivity index (χ4n) is 2.42. The second kappa shape index (κ2) is 6.23. The Morgan fingerprint density at radius 2 is 1.10 bits per heavy atom. The first-order valence-electron chi connectivity index (χ1n) is 6.94. The zero-order chi connectivity index (χ0) is 14.5. The molecule has 0 aliphatic carbocycles. The standard InChI is InChI=1S/C19H16FN/c20-15-16-9-7-8-14-19(16)21(17-10-3-1-4-11-17)18-12-5-2-6-13-18/h1-14H,15H2. The molecule has 0 radical (unpaired) electrons. The highest BCUT2D eigenvalue weighted by molar-refractivity contribution is 5.78. The number of halogens is 1. The van der Waals surface area contributed by atoms with E-state index in [0.29, 0.717) is 5.56 Å². The monoisotopic (exact) mass is 277 g/mol. The van der Waals surface area contributed by atoms with Gasteiger partial charge in [-0.05, 0) is 30.3 Å². The van der Waals surface area contributed by atoms with Gasteiger partial charge in [0.2, 0.25) is 0 Å². The molecule has 0 unspecified atom stereocenters. The molecule has 21 heavy (non-hydrogen) atoms. The van der Waals surface area contributed by atoms with Gasteiger partial charge < -0.3 is 4.90 Å². The largest absolute Gasteiger partial charge is 0.310 e. The molecule has 0 aliphatic rings. The van der Waals surface area contributed by atoms with Gasteiger partial charge in [0, 0.05) is 16.9 Å². The summed E-state index contributed by atoms with van der Waals surface area (Å²) in [5, 5.41) is 0. The van der Waals surface area contributed by atoms with Gasteiger partial charge in [-0.15, -0.1) is 0 Å². The average molecular weight is 277 g/mol. The second-order valence-electron chi connectivity index (χ2n) is 4.77. The number of nitrogens with zero attached hydrogens (tertiary/aromatic N) is 1. The van der Waals surface area contributed by atoms with Gasteiger partial charge in [0.15, 0.2) is 0 Å². The molecule has 0 amide bonds. The van der Waals surface area contributed by atoms with E-state index >= 15 is 0 Å². The van der Waals surface area contributed by atoms with Crippen LogP contribution in [0.5, 0.6) is 0 Å². The van der Waals surface area contributed by atoms with Gasteiger partial charge in [-0.1, -0.05) is 54.6 Å². The molecule has 0 bridgehead atoms.